The molecule has 0 aliphatic carbocycles. The van der Waals surface area contributed by atoms with Crippen molar-refractivity contribution in [3.8, 4) is 0 Å². The zero-order valence-corrected chi connectivity index (χ0v) is 17.0. The Morgan fingerprint density at radius 2 is 1.80 bits per heavy atom. The second-order valence-corrected chi connectivity index (χ2v) is 18.5. The van der Waals surface area contributed by atoms with Gasteiger partial charge in [0.1, 0.15) is 0 Å². The molecule has 0 saturated heterocycles. The Labute approximate surface area is 114 Å². The molecule has 0 saturated carbocycles. The minimum absolute atomic E-state index is 0.393. The zero-order valence-electron chi connectivity index (χ0n) is 9.70. The zero-order chi connectivity index (χ0) is 12.7. The second-order valence-electron chi connectivity index (χ2n) is 3.94. The third-order valence-electron chi connectivity index (χ3n) is 1.22. The Morgan fingerprint density at radius 1 is 1.47 bits per heavy atom. The average Bonchev–Trinajstić information content (AvgIpc) is 1.94. The molecule has 0 atom stereocenters. The molecule has 0 aliphatic rings. The number of hydrogen-bond acceptors (Lipinski definition) is 2. The molecule has 15 heavy (non-hydrogen) atoms. The standard InChI is InChI=1S/C7H13Si.CH4O3S.HI.In/c1-5-6-7-8(2,3)4;1-5(2,3)4;;/h5H,1-4H3;1H3,(H,2,3,4);1H;/q;;;+1/p-1. The van der Waals surface area contributed by atoms with Crippen molar-refractivity contribution in [2.75, 3.05) is 6.26 Å². The Balaban J connectivity index is 0. The molecule has 0 aromatic heterocycles. The molecular weight excluding hydrogens is 446 g/mol. The van der Waals surface area contributed by atoms with Crippen molar-refractivity contribution < 1.29 is 13.0 Å². The van der Waals surface area contributed by atoms with Crippen molar-refractivity contribution in [1.82, 2.24) is 0 Å². The second kappa shape index (κ2) is 8.35. The Morgan fingerprint density at radius 3 is 1.87 bits per heavy atom. The molecule has 0 bridgehead atoms. The molecule has 0 spiro atoms. The molecule has 0 heterocycles. The number of halogens is 1. The monoisotopic (exact) mass is 463 g/mol. The van der Waals surface area contributed by atoms with Crippen molar-refractivity contribution >= 4 is 55.1 Å². The van der Waals surface area contributed by atoms with E-state index in [4.69, 9.17) is 4.55 Å². The SMILES string of the molecule is CC=C=[C]([In][I])[Si](C)(C)C.CS(=O)(=O)O. The summed E-state index contributed by atoms with van der Waals surface area (Å²) >= 11 is 2.21. The van der Waals surface area contributed by atoms with Crippen LogP contribution in [0.15, 0.2) is 14.8 Å². The van der Waals surface area contributed by atoms with Gasteiger partial charge in [0.25, 0.3) is 10.1 Å². The first-order valence-corrected chi connectivity index (χ1v) is 20.9. The van der Waals surface area contributed by atoms with Crippen LogP contribution in [0.25, 0.3) is 0 Å². The summed E-state index contributed by atoms with van der Waals surface area (Å²) in [6, 6.07) is 0. The normalized spacial score (nSPS) is 10.6. The summed E-state index contributed by atoms with van der Waals surface area (Å²) in [6.45, 7) is 9.28. The van der Waals surface area contributed by atoms with E-state index in [0.29, 0.717) is 6.26 Å². The fraction of sp³-hybridized carbons (Fsp3) is 0.625. The van der Waals surface area contributed by atoms with E-state index in [0.717, 1.165) is 0 Å². The Hall–Kier alpha value is 1.25. The largest absolute Gasteiger partial charge is 0.286 e. The fourth-order valence-corrected chi connectivity index (χ4v) is 24.9. The third-order valence-corrected chi connectivity index (χ3v) is 20.6. The first-order chi connectivity index (χ1) is 6.52. The molecule has 0 rings (SSSR count). The number of rotatable bonds is 2. The summed E-state index contributed by atoms with van der Waals surface area (Å²) in [5, 5.41) is 0. The van der Waals surface area contributed by atoms with Crippen LogP contribution in [0.5, 0.6) is 0 Å². The first-order valence-electron chi connectivity index (χ1n) is 4.30. The van der Waals surface area contributed by atoms with Gasteiger partial charge >= 0.3 is 86.3 Å². The van der Waals surface area contributed by atoms with Crippen LogP contribution < -0.4 is 0 Å². The summed E-state index contributed by atoms with van der Waals surface area (Å²) < 4.78 is 27.6. The average molecular weight is 463 g/mol. The van der Waals surface area contributed by atoms with Crippen LogP contribution >= 0.6 is 18.1 Å². The van der Waals surface area contributed by atoms with Gasteiger partial charge in [-0.05, 0) is 0 Å². The molecule has 7 heteroatoms. The van der Waals surface area contributed by atoms with Gasteiger partial charge in [0.2, 0.25) is 0 Å². The van der Waals surface area contributed by atoms with E-state index < -0.39 is 36.9 Å². The topological polar surface area (TPSA) is 54.4 Å². The smallest absolute Gasteiger partial charge is 0.261 e. The molecule has 1 radical (unpaired) electrons. The van der Waals surface area contributed by atoms with E-state index in [1.807, 2.05) is 0 Å². The molecule has 0 amide bonds. The molecule has 1 N–H and O–H groups in total. The first kappa shape index (κ1) is 18.6. The molecule has 0 aliphatic heterocycles. The van der Waals surface area contributed by atoms with Crippen LogP contribution in [-0.4, -0.2) is 46.1 Å². The molecule has 0 unspecified atom stereocenters. The Kier molecular flexibility index (Phi) is 10.4. The molecular formula is C8H17IInO3SSi. The van der Waals surface area contributed by atoms with E-state index in [1.54, 1.807) is 2.95 Å². The number of allylic oxidation sites excluding steroid dienone is 1. The quantitative estimate of drug-likeness (QED) is 0.297. The van der Waals surface area contributed by atoms with Crippen LogP contribution in [0.4, 0.5) is 0 Å². The molecule has 0 aromatic rings. The Bertz CT molecular complexity index is 331. The summed E-state index contributed by atoms with van der Waals surface area (Å²) in [7, 11) is -4.62. The van der Waals surface area contributed by atoms with Crippen LogP contribution in [0.3, 0.4) is 0 Å². The minimum atomic E-state index is -3.67. The van der Waals surface area contributed by atoms with Gasteiger partial charge in [-0.1, -0.05) is 0 Å². The van der Waals surface area contributed by atoms with Gasteiger partial charge in [0.05, 0.1) is 6.26 Å². The van der Waals surface area contributed by atoms with Crippen molar-refractivity contribution in [3.05, 3.63) is 14.8 Å². The van der Waals surface area contributed by atoms with E-state index in [2.05, 4.69) is 56.5 Å². The van der Waals surface area contributed by atoms with Crippen LogP contribution in [-0.2, 0) is 10.1 Å². The van der Waals surface area contributed by atoms with Gasteiger partial charge < -0.3 is 0 Å². The van der Waals surface area contributed by atoms with Crippen LogP contribution in [0.1, 0.15) is 6.92 Å². The van der Waals surface area contributed by atoms with E-state index in [-0.39, 0.29) is 0 Å². The van der Waals surface area contributed by atoms with Gasteiger partial charge in [-0.3, -0.25) is 4.55 Å². The maximum Gasteiger partial charge on any atom is 0.261 e. The molecule has 0 fully saturated rings. The molecule has 0 aromatic carbocycles. The van der Waals surface area contributed by atoms with Gasteiger partial charge in [0.15, 0.2) is 0 Å². The van der Waals surface area contributed by atoms with Crippen molar-refractivity contribution in [1.29, 1.82) is 0 Å². The van der Waals surface area contributed by atoms with Crippen LogP contribution in [0, 0.1) is 0 Å². The maximum atomic E-state index is 9.19. The summed E-state index contributed by atoms with van der Waals surface area (Å²) in [4.78, 5) is 0. The van der Waals surface area contributed by atoms with Gasteiger partial charge in [-0.15, -0.1) is 0 Å². The van der Waals surface area contributed by atoms with Crippen LogP contribution in [0.2, 0.25) is 19.6 Å². The van der Waals surface area contributed by atoms with Gasteiger partial charge in [0, 0.05) is 0 Å². The van der Waals surface area contributed by atoms with Crippen molar-refractivity contribution in [2.45, 2.75) is 26.6 Å². The summed E-state index contributed by atoms with van der Waals surface area (Å²) in [5.41, 5.74) is 3.40. The third kappa shape index (κ3) is 17.8. The maximum absolute atomic E-state index is 9.19. The van der Waals surface area contributed by atoms with Crippen molar-refractivity contribution in [3.63, 3.8) is 0 Å². The predicted molar refractivity (Wildman–Crippen MR) is 77.9 cm³/mol. The van der Waals surface area contributed by atoms with E-state index >= 15 is 0 Å². The summed E-state index contributed by atoms with van der Waals surface area (Å²) in [6.07, 6.45) is 2.78. The van der Waals surface area contributed by atoms with E-state index in [9.17, 15) is 8.42 Å². The van der Waals surface area contributed by atoms with Gasteiger partial charge in [-0.2, -0.15) is 8.42 Å². The summed E-state index contributed by atoms with van der Waals surface area (Å²) in [5.74, 6) is 0. The molecule has 87 valence electrons. The van der Waals surface area contributed by atoms with E-state index in [1.165, 1.54) is 0 Å². The fourth-order valence-electron chi connectivity index (χ4n) is 0.567. The van der Waals surface area contributed by atoms with Gasteiger partial charge in [-0.25, -0.2) is 0 Å². The predicted octanol–water partition coefficient (Wildman–Crippen LogP) is 2.48. The molecule has 3 nitrogen and oxygen atoms in total. The minimum Gasteiger partial charge on any atom is -0.286 e. The van der Waals surface area contributed by atoms with Crippen molar-refractivity contribution in [2.24, 2.45) is 0 Å². The number of hydrogen-bond donors (Lipinski definition) is 1.